The summed E-state index contributed by atoms with van der Waals surface area (Å²) in [5.74, 6) is -1.48. The molecule has 0 aromatic carbocycles. The molecule has 0 aliphatic heterocycles. The third kappa shape index (κ3) is 2.33. The van der Waals surface area contributed by atoms with Gasteiger partial charge >= 0.3 is 5.97 Å². The van der Waals surface area contributed by atoms with Gasteiger partial charge in [-0.1, -0.05) is 6.92 Å². The number of aliphatic carboxylic acids is 1. The molecule has 4 nitrogen and oxygen atoms in total. The van der Waals surface area contributed by atoms with Gasteiger partial charge in [0.05, 0.1) is 6.10 Å². The van der Waals surface area contributed by atoms with Gasteiger partial charge in [0.2, 0.25) is 0 Å². The van der Waals surface area contributed by atoms with Crippen LogP contribution in [0.15, 0.2) is 0 Å². The molecule has 0 saturated carbocycles. The van der Waals surface area contributed by atoms with Crippen molar-refractivity contribution in [3.63, 3.8) is 0 Å². The molecule has 0 amide bonds. The zero-order chi connectivity index (χ0) is 8.31. The van der Waals surface area contributed by atoms with E-state index in [1.54, 1.807) is 6.92 Å². The molecule has 60 valence electrons. The highest BCUT2D eigenvalue weighted by atomic mass is 16.4. The van der Waals surface area contributed by atoms with Gasteiger partial charge in [0, 0.05) is 5.92 Å². The molecule has 4 heteroatoms. The molecule has 0 saturated heterocycles. The normalized spacial score (nSPS) is 19.6. The first kappa shape index (κ1) is 9.39. The van der Waals surface area contributed by atoms with Crippen molar-refractivity contribution in [2.24, 2.45) is 11.7 Å². The van der Waals surface area contributed by atoms with Crippen LogP contribution < -0.4 is 5.73 Å². The molecule has 0 fully saturated rings. The fourth-order valence-electron chi connectivity index (χ4n) is 0.525. The standard InChI is InChI=1S/C6H13NO3/c1-3(4(2)8)5(7)6(9)10/h3-5,8H,7H2,1-2H3,(H,9,10)/t3?,4-,5-/m1/s1. The number of carboxylic acids is 1. The van der Waals surface area contributed by atoms with E-state index in [1.165, 1.54) is 6.92 Å². The lowest BCUT2D eigenvalue weighted by molar-refractivity contribution is -0.140. The van der Waals surface area contributed by atoms with E-state index in [4.69, 9.17) is 15.9 Å². The molecule has 0 aromatic heterocycles. The average molecular weight is 147 g/mol. The second kappa shape index (κ2) is 3.53. The number of hydrogen-bond donors (Lipinski definition) is 3. The van der Waals surface area contributed by atoms with Gasteiger partial charge in [-0.05, 0) is 6.92 Å². The van der Waals surface area contributed by atoms with Gasteiger partial charge in [-0.2, -0.15) is 0 Å². The Morgan fingerprint density at radius 2 is 1.90 bits per heavy atom. The van der Waals surface area contributed by atoms with Crippen LogP contribution in [0, 0.1) is 5.92 Å². The Hall–Kier alpha value is -0.610. The van der Waals surface area contributed by atoms with Gasteiger partial charge in [-0.25, -0.2) is 0 Å². The Kier molecular flexibility index (Phi) is 3.32. The minimum atomic E-state index is -1.08. The van der Waals surface area contributed by atoms with E-state index in [2.05, 4.69) is 0 Å². The molecule has 0 heterocycles. The van der Waals surface area contributed by atoms with E-state index in [0.29, 0.717) is 0 Å². The van der Waals surface area contributed by atoms with E-state index in [-0.39, 0.29) is 0 Å². The fourth-order valence-corrected chi connectivity index (χ4v) is 0.525. The zero-order valence-corrected chi connectivity index (χ0v) is 6.11. The van der Waals surface area contributed by atoms with Crippen molar-refractivity contribution < 1.29 is 15.0 Å². The van der Waals surface area contributed by atoms with E-state index < -0.39 is 24.0 Å². The lowest BCUT2D eigenvalue weighted by Crippen LogP contribution is -2.41. The predicted molar refractivity (Wildman–Crippen MR) is 36.5 cm³/mol. The summed E-state index contributed by atoms with van der Waals surface area (Å²) in [6.45, 7) is 3.12. The van der Waals surface area contributed by atoms with Gasteiger partial charge in [0.1, 0.15) is 6.04 Å². The van der Waals surface area contributed by atoms with Crippen LogP contribution in [0.5, 0.6) is 0 Å². The third-order valence-corrected chi connectivity index (χ3v) is 1.61. The quantitative estimate of drug-likeness (QED) is 0.498. The molecular formula is C6H13NO3. The van der Waals surface area contributed by atoms with Crippen LogP contribution in [0.3, 0.4) is 0 Å². The lowest BCUT2D eigenvalue weighted by atomic mass is 9.98. The molecule has 0 aliphatic carbocycles. The maximum Gasteiger partial charge on any atom is 0.320 e. The second-order valence-corrected chi connectivity index (χ2v) is 2.46. The number of aliphatic hydroxyl groups excluding tert-OH is 1. The van der Waals surface area contributed by atoms with Crippen molar-refractivity contribution >= 4 is 5.97 Å². The average Bonchev–Trinajstić information content (AvgIpc) is 1.84. The van der Waals surface area contributed by atoms with Crippen LogP contribution in [0.4, 0.5) is 0 Å². The van der Waals surface area contributed by atoms with Crippen molar-refractivity contribution in [3.05, 3.63) is 0 Å². The van der Waals surface area contributed by atoms with E-state index in [0.717, 1.165) is 0 Å². The van der Waals surface area contributed by atoms with Crippen molar-refractivity contribution in [3.8, 4) is 0 Å². The van der Waals surface area contributed by atoms with Gasteiger partial charge in [0.25, 0.3) is 0 Å². The number of carbonyl (C=O) groups is 1. The Balaban J connectivity index is 3.94. The SMILES string of the molecule is CC([C@@H](C)O)[C@@H](N)C(=O)O. The van der Waals surface area contributed by atoms with Crippen molar-refractivity contribution in [2.75, 3.05) is 0 Å². The van der Waals surface area contributed by atoms with Gasteiger partial charge in [-0.15, -0.1) is 0 Å². The van der Waals surface area contributed by atoms with Crippen LogP contribution >= 0.6 is 0 Å². The zero-order valence-electron chi connectivity index (χ0n) is 6.11. The maximum absolute atomic E-state index is 10.2. The molecule has 0 aliphatic rings. The molecule has 4 N–H and O–H groups in total. The van der Waals surface area contributed by atoms with E-state index in [9.17, 15) is 4.79 Å². The largest absolute Gasteiger partial charge is 0.480 e. The molecule has 10 heavy (non-hydrogen) atoms. The fraction of sp³-hybridized carbons (Fsp3) is 0.833. The molecule has 0 spiro atoms. The highest BCUT2D eigenvalue weighted by Crippen LogP contribution is 2.05. The highest BCUT2D eigenvalue weighted by molar-refractivity contribution is 5.73. The van der Waals surface area contributed by atoms with Gasteiger partial charge in [0.15, 0.2) is 0 Å². The minimum absolute atomic E-state index is 0.405. The summed E-state index contributed by atoms with van der Waals surface area (Å²) in [7, 11) is 0. The van der Waals surface area contributed by atoms with E-state index in [1.807, 2.05) is 0 Å². The first-order valence-electron chi connectivity index (χ1n) is 3.13. The smallest absolute Gasteiger partial charge is 0.320 e. The molecule has 0 radical (unpaired) electrons. The Labute approximate surface area is 59.7 Å². The summed E-state index contributed by atoms with van der Waals surface area (Å²) < 4.78 is 0. The first-order chi connectivity index (χ1) is 4.46. The summed E-state index contributed by atoms with van der Waals surface area (Å²) in [6, 6.07) is -0.972. The van der Waals surface area contributed by atoms with Crippen LogP contribution in [0.1, 0.15) is 13.8 Å². The summed E-state index contributed by atoms with van der Waals surface area (Å²) in [4.78, 5) is 10.2. The van der Waals surface area contributed by atoms with Crippen LogP contribution in [0.25, 0.3) is 0 Å². The summed E-state index contributed by atoms with van der Waals surface area (Å²) in [5, 5.41) is 17.3. The summed E-state index contributed by atoms with van der Waals surface area (Å²) in [5.41, 5.74) is 5.20. The molecular weight excluding hydrogens is 134 g/mol. The minimum Gasteiger partial charge on any atom is -0.480 e. The third-order valence-electron chi connectivity index (χ3n) is 1.61. The van der Waals surface area contributed by atoms with Gasteiger partial charge in [-0.3, -0.25) is 4.79 Å². The molecule has 0 rings (SSSR count). The van der Waals surface area contributed by atoms with Crippen LogP contribution in [-0.2, 0) is 4.79 Å². The maximum atomic E-state index is 10.2. The number of hydrogen-bond acceptors (Lipinski definition) is 3. The van der Waals surface area contributed by atoms with Crippen molar-refractivity contribution in [1.29, 1.82) is 0 Å². The first-order valence-corrected chi connectivity index (χ1v) is 3.13. The molecule has 0 aromatic rings. The van der Waals surface area contributed by atoms with E-state index >= 15 is 0 Å². The number of aliphatic hydroxyl groups is 1. The molecule has 1 unspecified atom stereocenters. The monoisotopic (exact) mass is 147 g/mol. The number of nitrogens with two attached hydrogens (primary N) is 1. The van der Waals surface area contributed by atoms with Crippen molar-refractivity contribution in [2.45, 2.75) is 26.0 Å². The summed E-state index contributed by atoms with van der Waals surface area (Å²) >= 11 is 0. The molecule has 0 bridgehead atoms. The predicted octanol–water partition coefficient (Wildman–Crippen LogP) is -0.585. The topological polar surface area (TPSA) is 83.5 Å². The van der Waals surface area contributed by atoms with Crippen molar-refractivity contribution in [1.82, 2.24) is 0 Å². The van der Waals surface area contributed by atoms with Crippen LogP contribution in [0.2, 0.25) is 0 Å². The Morgan fingerprint density at radius 3 is 2.00 bits per heavy atom. The van der Waals surface area contributed by atoms with Crippen LogP contribution in [-0.4, -0.2) is 28.3 Å². The number of carboxylic acid groups (broad SMARTS) is 1. The number of rotatable bonds is 3. The summed E-state index contributed by atoms with van der Waals surface area (Å²) in [6.07, 6.45) is -0.675. The lowest BCUT2D eigenvalue weighted by Gasteiger charge is -2.17. The Bertz CT molecular complexity index is 124. The highest BCUT2D eigenvalue weighted by Gasteiger charge is 2.23. The van der Waals surface area contributed by atoms with Gasteiger partial charge < -0.3 is 15.9 Å². The Morgan fingerprint density at radius 1 is 1.50 bits per heavy atom. The second-order valence-electron chi connectivity index (χ2n) is 2.46. The molecule has 3 atom stereocenters.